The molecule has 2 atom stereocenters. The smallest absolute Gasteiger partial charge is 0.220 e. The Hall–Kier alpha value is -1.60. The summed E-state index contributed by atoms with van der Waals surface area (Å²) in [4.78, 5) is 49.0. The zero-order valence-corrected chi connectivity index (χ0v) is 13.8. The van der Waals surface area contributed by atoms with E-state index in [1.807, 2.05) is 0 Å². The van der Waals surface area contributed by atoms with Crippen molar-refractivity contribution >= 4 is 23.1 Å². The number of ketones is 4. The second kappa shape index (κ2) is 9.77. The molecule has 2 unspecified atom stereocenters. The molecule has 0 aliphatic carbocycles. The predicted octanol–water partition coefficient (Wildman–Crippen LogP) is -5.05. The number of rotatable bonds is 13. The van der Waals surface area contributed by atoms with E-state index in [1.54, 1.807) is 0 Å². The van der Waals surface area contributed by atoms with E-state index in [0.29, 0.717) is 0 Å². The molecule has 0 aliphatic rings. The maximum absolute atomic E-state index is 12.4. The van der Waals surface area contributed by atoms with E-state index in [0.717, 1.165) is 0 Å². The van der Waals surface area contributed by atoms with E-state index >= 15 is 0 Å². The normalized spacial score (nSPS) is 15.3. The fourth-order valence-corrected chi connectivity index (χ4v) is 2.72. The van der Waals surface area contributed by atoms with Crippen molar-refractivity contribution in [3.05, 3.63) is 0 Å². The first-order chi connectivity index (χ1) is 11.6. The Labute approximate surface area is 144 Å². The highest BCUT2D eigenvalue weighted by molar-refractivity contribution is 6.18. The average molecular weight is 362 g/mol. The molecule has 0 saturated carbocycles. The van der Waals surface area contributed by atoms with E-state index in [2.05, 4.69) is 0 Å². The van der Waals surface area contributed by atoms with Crippen LogP contribution in [0.5, 0.6) is 0 Å². The van der Waals surface area contributed by atoms with Gasteiger partial charge in [0.05, 0.1) is 32.1 Å². The van der Waals surface area contributed by atoms with Gasteiger partial charge in [-0.3, -0.25) is 19.2 Å². The van der Waals surface area contributed by atoms with Crippen molar-refractivity contribution in [2.24, 2.45) is 28.9 Å². The Morgan fingerprint density at radius 2 is 1.24 bits per heavy atom. The highest BCUT2D eigenvalue weighted by Crippen LogP contribution is 2.36. The molecule has 0 rings (SSSR count). The van der Waals surface area contributed by atoms with Crippen LogP contribution in [-0.4, -0.2) is 82.4 Å². The van der Waals surface area contributed by atoms with Gasteiger partial charge in [-0.05, 0) is 12.8 Å². The third-order valence-electron chi connectivity index (χ3n) is 4.09. The molecule has 11 N–H and O–H groups in total. The number of nitrogens with two attached hydrogens (primary N) is 4. The zero-order chi connectivity index (χ0) is 19.8. The quantitative estimate of drug-likeness (QED) is 0.153. The molecule has 0 saturated heterocycles. The van der Waals surface area contributed by atoms with Crippen LogP contribution in [0.15, 0.2) is 0 Å². The predicted molar refractivity (Wildman–Crippen MR) is 86.0 cm³/mol. The first-order valence-electron chi connectivity index (χ1n) is 7.61. The van der Waals surface area contributed by atoms with Gasteiger partial charge in [0.15, 0.2) is 28.7 Å². The molecule has 0 fully saturated rings. The lowest BCUT2D eigenvalue weighted by Gasteiger charge is -2.43. The number of carbonyl (C=O) groups excluding carboxylic acids is 4. The summed E-state index contributed by atoms with van der Waals surface area (Å²) in [5, 5.41) is 30.7. The van der Waals surface area contributed by atoms with Crippen LogP contribution < -0.4 is 22.9 Å². The van der Waals surface area contributed by atoms with Gasteiger partial charge in [-0.25, -0.2) is 0 Å². The summed E-state index contributed by atoms with van der Waals surface area (Å²) in [5.41, 5.74) is 14.3. The molecule has 25 heavy (non-hydrogen) atoms. The van der Waals surface area contributed by atoms with Crippen molar-refractivity contribution in [2.75, 3.05) is 32.8 Å². The van der Waals surface area contributed by atoms with E-state index in [9.17, 15) is 29.4 Å². The average Bonchev–Trinajstić information content (AvgIpc) is 2.64. The van der Waals surface area contributed by atoms with Gasteiger partial charge in [-0.1, -0.05) is 0 Å². The number of carbonyl (C=O) groups is 4. The molecule has 0 spiro atoms. The molecule has 144 valence electrons. The highest BCUT2D eigenvalue weighted by Gasteiger charge is 2.66. The minimum absolute atomic E-state index is 0.0831. The van der Waals surface area contributed by atoms with Gasteiger partial charge in [0.25, 0.3) is 0 Å². The van der Waals surface area contributed by atoms with Crippen LogP contribution in [0.1, 0.15) is 12.8 Å². The van der Waals surface area contributed by atoms with Gasteiger partial charge >= 0.3 is 0 Å². The third kappa shape index (κ3) is 4.15. The molecule has 0 bridgehead atoms. The minimum Gasteiger partial charge on any atom is -0.396 e. The van der Waals surface area contributed by atoms with Crippen LogP contribution in [0.2, 0.25) is 0 Å². The Morgan fingerprint density at radius 3 is 1.56 bits per heavy atom. The van der Waals surface area contributed by atoms with Gasteiger partial charge in [0.2, 0.25) is 5.60 Å². The SMILES string of the molecule is NCC(=O)C(CCCO)C(O)(C(=O)CN)C(O)(C(=O)CN)C(=O)CN. The highest BCUT2D eigenvalue weighted by atomic mass is 16.4. The maximum atomic E-state index is 12.4. The molecule has 11 heteroatoms. The largest absolute Gasteiger partial charge is 0.396 e. The molecule has 0 aromatic heterocycles. The maximum Gasteiger partial charge on any atom is 0.220 e. The van der Waals surface area contributed by atoms with Gasteiger partial charge in [-0.15, -0.1) is 0 Å². The number of hydrogen-bond donors (Lipinski definition) is 7. The zero-order valence-electron chi connectivity index (χ0n) is 13.8. The van der Waals surface area contributed by atoms with Gasteiger partial charge in [0.1, 0.15) is 0 Å². The summed E-state index contributed by atoms with van der Waals surface area (Å²) < 4.78 is 0. The lowest BCUT2D eigenvalue weighted by molar-refractivity contribution is -0.197. The van der Waals surface area contributed by atoms with E-state index in [1.165, 1.54) is 0 Å². The monoisotopic (exact) mass is 362 g/mol. The second-order valence-corrected chi connectivity index (χ2v) is 5.45. The van der Waals surface area contributed by atoms with Crippen molar-refractivity contribution in [1.82, 2.24) is 0 Å². The third-order valence-corrected chi connectivity index (χ3v) is 4.09. The minimum atomic E-state index is -3.36. The topological polar surface area (TPSA) is 233 Å². The van der Waals surface area contributed by atoms with Crippen molar-refractivity contribution in [3.63, 3.8) is 0 Å². The summed E-state index contributed by atoms with van der Waals surface area (Å²) in [7, 11) is 0. The molecule has 0 heterocycles. The van der Waals surface area contributed by atoms with E-state index in [4.69, 9.17) is 28.0 Å². The lowest BCUT2D eigenvalue weighted by atomic mass is 9.64. The van der Waals surface area contributed by atoms with Gasteiger partial charge in [-0.2, -0.15) is 0 Å². The van der Waals surface area contributed by atoms with Gasteiger partial charge in [0, 0.05) is 6.61 Å². The number of Topliss-reactive ketones (excluding diaryl/α,β-unsaturated/α-hetero) is 4. The molecule has 0 aromatic carbocycles. The first-order valence-corrected chi connectivity index (χ1v) is 7.61. The molecule has 0 amide bonds. The number of hydrogen-bond acceptors (Lipinski definition) is 11. The summed E-state index contributed by atoms with van der Waals surface area (Å²) in [6.45, 7) is -3.78. The second-order valence-electron chi connectivity index (χ2n) is 5.45. The Balaban J connectivity index is 6.65. The molecule has 11 nitrogen and oxygen atoms in total. The van der Waals surface area contributed by atoms with Gasteiger partial charge < -0.3 is 38.3 Å². The van der Waals surface area contributed by atoms with E-state index in [-0.39, 0.29) is 12.8 Å². The summed E-state index contributed by atoms with van der Waals surface area (Å²) in [6.07, 6.45) is -0.424. The van der Waals surface area contributed by atoms with E-state index < -0.39 is 73.0 Å². The fraction of sp³-hybridized carbons (Fsp3) is 0.714. The summed E-state index contributed by atoms with van der Waals surface area (Å²) in [5.74, 6) is -6.80. The van der Waals surface area contributed by atoms with Crippen molar-refractivity contribution in [3.8, 4) is 0 Å². The fourth-order valence-electron chi connectivity index (χ4n) is 2.72. The molecular formula is C14H26N4O7. The molecule has 0 aromatic rings. The Morgan fingerprint density at radius 1 is 0.800 bits per heavy atom. The van der Waals surface area contributed by atoms with Crippen LogP contribution in [0.3, 0.4) is 0 Å². The first kappa shape index (κ1) is 23.4. The Bertz CT molecular complexity index is 509. The molecule has 0 aliphatic heterocycles. The number of aliphatic hydroxyl groups is 3. The van der Waals surface area contributed by atoms with Crippen molar-refractivity contribution in [1.29, 1.82) is 0 Å². The van der Waals surface area contributed by atoms with Crippen LogP contribution in [0.4, 0.5) is 0 Å². The molecule has 0 radical (unpaired) electrons. The standard InChI is InChI=1S/C14H26N4O7/c15-4-9(20)8(2-1-3-19)13(24,10(21)5-16)14(25,11(22)6-17)12(23)7-18/h8,19,24-25H,1-7,15-18H2. The van der Waals surface area contributed by atoms with Crippen molar-refractivity contribution < 1.29 is 34.5 Å². The number of aliphatic hydroxyl groups excluding tert-OH is 1. The molecular weight excluding hydrogens is 336 g/mol. The Kier molecular flexibility index (Phi) is 9.15. The van der Waals surface area contributed by atoms with Crippen LogP contribution >= 0.6 is 0 Å². The van der Waals surface area contributed by atoms with Crippen LogP contribution in [0.25, 0.3) is 0 Å². The van der Waals surface area contributed by atoms with Crippen LogP contribution in [0, 0.1) is 5.92 Å². The summed E-state index contributed by atoms with van der Waals surface area (Å²) >= 11 is 0. The lowest BCUT2D eigenvalue weighted by Crippen LogP contribution is -2.74. The van der Waals surface area contributed by atoms with Crippen molar-refractivity contribution in [2.45, 2.75) is 24.0 Å². The summed E-state index contributed by atoms with van der Waals surface area (Å²) in [6, 6.07) is 0. The van der Waals surface area contributed by atoms with Crippen LogP contribution in [-0.2, 0) is 19.2 Å².